The summed E-state index contributed by atoms with van der Waals surface area (Å²) in [5, 5.41) is 9.03. The van der Waals surface area contributed by atoms with Gasteiger partial charge in [0.15, 0.2) is 11.5 Å². The Bertz CT molecular complexity index is 680. The Balaban J connectivity index is 3.43. The minimum Gasteiger partial charge on any atom is -0.504 e. The number of hydrogen-bond acceptors (Lipinski definition) is 2. The van der Waals surface area contributed by atoms with E-state index in [1.54, 1.807) is 0 Å². The van der Waals surface area contributed by atoms with E-state index in [-0.39, 0.29) is 6.07 Å². The quantitative estimate of drug-likeness (QED) is 0.610. The molecule has 0 fully saturated rings. The molecule has 156 valence electrons. The summed E-state index contributed by atoms with van der Waals surface area (Å²) >= 11 is 0. The van der Waals surface area contributed by atoms with Crippen molar-refractivity contribution >= 4 is 0 Å². The van der Waals surface area contributed by atoms with Crippen LogP contribution in [0.2, 0.25) is 0 Å². The van der Waals surface area contributed by atoms with Crippen LogP contribution >= 0.6 is 0 Å². The van der Waals surface area contributed by atoms with Crippen molar-refractivity contribution in [1.29, 1.82) is 0 Å². The Morgan fingerprint density at radius 3 is 1.41 bits per heavy atom. The Morgan fingerprint density at radius 1 is 0.593 bits per heavy atom. The second-order valence-electron chi connectivity index (χ2n) is 4.88. The van der Waals surface area contributed by atoms with Crippen LogP contribution in [0.4, 0.5) is 57.1 Å². The number of rotatable bonds is 6. The second-order valence-corrected chi connectivity index (χ2v) is 4.88. The van der Waals surface area contributed by atoms with E-state index >= 15 is 0 Å². The van der Waals surface area contributed by atoms with Crippen molar-refractivity contribution in [1.82, 2.24) is 0 Å². The SMILES string of the molecule is Oc1ccccc1OC(F)(F)C(F)(F)C(F)(F)C(F)(F)C(F)(F)C(F)(F)F. The van der Waals surface area contributed by atoms with E-state index in [0.29, 0.717) is 12.1 Å². The third-order valence-corrected chi connectivity index (χ3v) is 3.01. The predicted octanol–water partition coefficient (Wildman–Crippen LogP) is 5.47. The predicted molar refractivity (Wildman–Crippen MR) is 59.5 cm³/mol. The fraction of sp³-hybridized carbons (Fsp3) is 0.500. The highest BCUT2D eigenvalue weighted by Crippen LogP contribution is 2.60. The van der Waals surface area contributed by atoms with Crippen LogP contribution in [-0.2, 0) is 0 Å². The van der Waals surface area contributed by atoms with Gasteiger partial charge in [0.25, 0.3) is 0 Å². The van der Waals surface area contributed by atoms with Crippen LogP contribution in [-0.4, -0.2) is 41.1 Å². The third kappa shape index (κ3) is 3.31. The van der Waals surface area contributed by atoms with Crippen LogP contribution in [0.1, 0.15) is 0 Å². The molecule has 1 rings (SSSR count). The van der Waals surface area contributed by atoms with Gasteiger partial charge < -0.3 is 9.84 Å². The van der Waals surface area contributed by atoms with E-state index in [1.807, 2.05) is 0 Å². The Kier molecular flexibility index (Phi) is 5.29. The van der Waals surface area contributed by atoms with Crippen molar-refractivity contribution in [2.75, 3.05) is 0 Å². The molecule has 0 unspecified atom stereocenters. The topological polar surface area (TPSA) is 29.5 Å². The lowest BCUT2D eigenvalue weighted by molar-refractivity contribution is -0.456. The number of hydrogen-bond donors (Lipinski definition) is 1. The largest absolute Gasteiger partial charge is 0.504 e. The average molecular weight is 428 g/mol. The maximum Gasteiger partial charge on any atom is 0.471 e. The summed E-state index contributed by atoms with van der Waals surface area (Å²) in [6.07, 6.45) is -14.2. The van der Waals surface area contributed by atoms with Gasteiger partial charge in [-0.3, -0.25) is 0 Å². The molecular weight excluding hydrogens is 423 g/mol. The Labute approximate surface area is 140 Å². The summed E-state index contributed by atoms with van der Waals surface area (Å²) < 4.78 is 170. The molecule has 0 saturated heterocycles. The van der Waals surface area contributed by atoms with Crippen molar-refractivity contribution in [3.8, 4) is 11.5 Å². The maximum absolute atomic E-state index is 13.4. The average Bonchev–Trinajstić information content (AvgIpc) is 2.47. The maximum atomic E-state index is 13.4. The zero-order chi connectivity index (χ0) is 21.7. The van der Waals surface area contributed by atoms with Crippen LogP contribution in [0, 0.1) is 0 Å². The molecule has 27 heavy (non-hydrogen) atoms. The molecule has 0 amide bonds. The number of ether oxygens (including phenoxy) is 1. The van der Waals surface area contributed by atoms with Crippen LogP contribution in [0.15, 0.2) is 24.3 Å². The van der Waals surface area contributed by atoms with Crippen LogP contribution in [0.25, 0.3) is 0 Å². The molecular formula is C12H5F13O2. The summed E-state index contributed by atoms with van der Waals surface area (Å²) in [5.41, 5.74) is 0. The molecule has 0 aliphatic rings. The minimum absolute atomic E-state index is 0.264. The number of phenolic OH excluding ortho intramolecular Hbond substituents is 1. The minimum atomic E-state index is -8.01. The molecule has 0 aliphatic heterocycles. The fourth-order valence-electron chi connectivity index (χ4n) is 1.50. The number of aromatic hydroxyl groups is 1. The van der Waals surface area contributed by atoms with Gasteiger partial charge in [-0.2, -0.15) is 57.1 Å². The van der Waals surface area contributed by atoms with E-state index in [1.165, 1.54) is 0 Å². The lowest BCUT2D eigenvalue weighted by atomic mass is 9.97. The molecule has 0 bridgehead atoms. The van der Waals surface area contributed by atoms with E-state index in [9.17, 15) is 57.1 Å². The Hall–Kier alpha value is -2.09. The van der Waals surface area contributed by atoms with E-state index in [4.69, 9.17) is 5.11 Å². The first-order valence-electron chi connectivity index (χ1n) is 6.17. The van der Waals surface area contributed by atoms with Crippen LogP contribution in [0.5, 0.6) is 11.5 Å². The standard InChI is InChI=1S/C12H5F13O2/c13-7(14,9(17,18)11(21,22)23)8(15,16)10(19,20)12(24,25)27-6-4-2-1-3-5(6)26/h1-4,26H. The Morgan fingerprint density at radius 2 is 1.00 bits per heavy atom. The molecule has 0 radical (unpaired) electrons. The number of benzene rings is 1. The molecule has 1 N–H and O–H groups in total. The van der Waals surface area contributed by atoms with Gasteiger partial charge in [0.05, 0.1) is 0 Å². The summed E-state index contributed by atoms with van der Waals surface area (Å²) in [4.78, 5) is 0. The summed E-state index contributed by atoms with van der Waals surface area (Å²) in [6.45, 7) is 0. The zero-order valence-corrected chi connectivity index (χ0v) is 12.1. The molecule has 0 aromatic heterocycles. The summed E-state index contributed by atoms with van der Waals surface area (Å²) in [6, 6.07) is 2.37. The monoisotopic (exact) mass is 428 g/mol. The van der Waals surface area contributed by atoms with Gasteiger partial charge in [-0.15, -0.1) is 0 Å². The first-order valence-corrected chi connectivity index (χ1v) is 6.17. The lowest BCUT2D eigenvalue weighted by Gasteiger charge is -2.39. The summed E-state index contributed by atoms with van der Waals surface area (Å²) in [5.74, 6) is -34.4. The number of para-hydroxylation sites is 2. The first-order chi connectivity index (χ1) is 11.7. The molecule has 0 heterocycles. The van der Waals surface area contributed by atoms with Gasteiger partial charge >= 0.3 is 36.0 Å². The first kappa shape index (κ1) is 23.0. The van der Waals surface area contributed by atoms with E-state index in [2.05, 4.69) is 4.74 Å². The van der Waals surface area contributed by atoms with Gasteiger partial charge in [0.2, 0.25) is 0 Å². The normalized spacial score (nSPS) is 15.0. The smallest absolute Gasteiger partial charge is 0.471 e. The van der Waals surface area contributed by atoms with Gasteiger partial charge in [0, 0.05) is 0 Å². The lowest BCUT2D eigenvalue weighted by Crippen LogP contribution is -2.70. The zero-order valence-electron chi connectivity index (χ0n) is 12.1. The van der Waals surface area contributed by atoms with Crippen LogP contribution in [0.3, 0.4) is 0 Å². The number of alkyl halides is 13. The second kappa shape index (κ2) is 6.22. The molecule has 0 saturated carbocycles. The molecule has 15 heteroatoms. The molecule has 0 aliphatic carbocycles. The molecule has 0 atom stereocenters. The van der Waals surface area contributed by atoms with Crippen molar-refractivity contribution in [2.45, 2.75) is 36.0 Å². The fourth-order valence-corrected chi connectivity index (χ4v) is 1.50. The van der Waals surface area contributed by atoms with Crippen molar-refractivity contribution in [3.63, 3.8) is 0 Å². The van der Waals surface area contributed by atoms with Gasteiger partial charge in [-0.05, 0) is 12.1 Å². The van der Waals surface area contributed by atoms with E-state index < -0.39 is 47.5 Å². The van der Waals surface area contributed by atoms with Gasteiger partial charge in [0.1, 0.15) is 0 Å². The van der Waals surface area contributed by atoms with Crippen molar-refractivity contribution in [2.24, 2.45) is 0 Å². The third-order valence-electron chi connectivity index (χ3n) is 3.01. The molecule has 2 nitrogen and oxygen atoms in total. The van der Waals surface area contributed by atoms with E-state index in [0.717, 1.165) is 6.07 Å². The molecule has 0 spiro atoms. The summed E-state index contributed by atoms with van der Waals surface area (Å²) in [7, 11) is 0. The van der Waals surface area contributed by atoms with Gasteiger partial charge in [-0.25, -0.2) is 0 Å². The molecule has 1 aromatic carbocycles. The highest BCUT2D eigenvalue weighted by molar-refractivity contribution is 5.38. The number of halogens is 13. The highest BCUT2D eigenvalue weighted by Gasteiger charge is 2.91. The highest BCUT2D eigenvalue weighted by atomic mass is 19.4. The van der Waals surface area contributed by atoms with Crippen molar-refractivity contribution in [3.05, 3.63) is 24.3 Å². The molecule has 1 aromatic rings. The van der Waals surface area contributed by atoms with Crippen LogP contribution < -0.4 is 4.74 Å². The number of phenols is 1. The van der Waals surface area contributed by atoms with Gasteiger partial charge in [-0.1, -0.05) is 12.1 Å². The van der Waals surface area contributed by atoms with Crippen molar-refractivity contribution < 1.29 is 66.9 Å².